The summed E-state index contributed by atoms with van der Waals surface area (Å²) in [6, 6.07) is 8.02. The van der Waals surface area contributed by atoms with Crippen molar-refractivity contribution >= 4 is 39.1 Å². The first-order valence-electron chi connectivity index (χ1n) is 10.7. The summed E-state index contributed by atoms with van der Waals surface area (Å²) in [5.74, 6) is 0.612. The van der Waals surface area contributed by atoms with E-state index in [1.54, 1.807) is 11.3 Å². The fourth-order valence-corrected chi connectivity index (χ4v) is 5.61. The number of likely N-dealkylation sites (tertiary alicyclic amines) is 1. The second-order valence-electron chi connectivity index (χ2n) is 8.10. The molecule has 0 bridgehead atoms. The Morgan fingerprint density at radius 1 is 1.32 bits per heavy atom. The fourth-order valence-electron chi connectivity index (χ4n) is 4.33. The van der Waals surface area contributed by atoms with E-state index in [4.69, 9.17) is 21.8 Å². The second kappa shape index (κ2) is 9.37. The van der Waals surface area contributed by atoms with E-state index >= 15 is 0 Å². The van der Waals surface area contributed by atoms with Gasteiger partial charge in [0.2, 0.25) is 5.91 Å². The van der Waals surface area contributed by atoms with Gasteiger partial charge in [0.05, 0.1) is 40.0 Å². The zero-order valence-electron chi connectivity index (χ0n) is 17.9. The molecule has 1 fully saturated rings. The molecule has 0 N–H and O–H groups in total. The monoisotopic (exact) mass is 455 g/mol. The van der Waals surface area contributed by atoms with E-state index < -0.39 is 0 Å². The average Bonchev–Trinajstić information content (AvgIpc) is 3.30. The minimum absolute atomic E-state index is 0.207. The molecule has 162 valence electrons. The van der Waals surface area contributed by atoms with Crippen LogP contribution >= 0.6 is 22.9 Å². The number of piperidine rings is 1. The first kappa shape index (κ1) is 21.8. The van der Waals surface area contributed by atoms with Crippen LogP contribution in [0, 0.1) is 25.2 Å². The maximum Gasteiger partial charge on any atom is 0.222 e. The number of halogens is 1. The highest BCUT2D eigenvalue weighted by Gasteiger charge is 2.26. The second-order valence-corrected chi connectivity index (χ2v) is 9.60. The molecule has 0 radical (unpaired) electrons. The van der Waals surface area contributed by atoms with Crippen LogP contribution in [0.4, 0.5) is 0 Å². The highest BCUT2D eigenvalue weighted by Crippen LogP contribution is 2.34. The van der Waals surface area contributed by atoms with E-state index in [1.165, 1.54) is 4.70 Å². The number of rotatable bonds is 6. The summed E-state index contributed by atoms with van der Waals surface area (Å²) in [6.07, 6.45) is 3.53. The summed E-state index contributed by atoms with van der Waals surface area (Å²) >= 11 is 7.83. The van der Waals surface area contributed by atoms with Gasteiger partial charge in [-0.05, 0) is 56.9 Å². The van der Waals surface area contributed by atoms with Crippen molar-refractivity contribution in [3.8, 4) is 6.07 Å². The number of amides is 1. The van der Waals surface area contributed by atoms with Gasteiger partial charge in [-0.25, -0.2) is 4.98 Å². The highest BCUT2D eigenvalue weighted by atomic mass is 35.5. The van der Waals surface area contributed by atoms with Crippen LogP contribution in [0.5, 0.6) is 0 Å². The number of aryl methyl sites for hydroxylation is 2. The van der Waals surface area contributed by atoms with Gasteiger partial charge in [-0.1, -0.05) is 11.6 Å². The molecule has 0 unspecified atom stereocenters. The van der Waals surface area contributed by atoms with Gasteiger partial charge in [-0.2, -0.15) is 10.4 Å². The number of nitrogens with zero attached hydrogens (tertiary/aromatic N) is 5. The molecule has 0 atom stereocenters. The van der Waals surface area contributed by atoms with Gasteiger partial charge in [-0.3, -0.25) is 9.48 Å². The van der Waals surface area contributed by atoms with Crippen LogP contribution < -0.4 is 0 Å². The number of carbonyl (C=O) groups is 1. The molecule has 0 saturated carbocycles. The van der Waals surface area contributed by atoms with Crippen LogP contribution in [0.1, 0.15) is 53.6 Å². The van der Waals surface area contributed by atoms with Gasteiger partial charge < -0.3 is 4.90 Å². The minimum Gasteiger partial charge on any atom is -0.343 e. The van der Waals surface area contributed by atoms with E-state index in [0.717, 1.165) is 53.4 Å². The van der Waals surface area contributed by atoms with Gasteiger partial charge in [0.15, 0.2) is 0 Å². The molecule has 0 spiro atoms. The van der Waals surface area contributed by atoms with Crippen molar-refractivity contribution in [3.63, 3.8) is 0 Å². The Hall–Kier alpha value is -2.43. The molecule has 3 aromatic rings. The number of aromatic nitrogens is 3. The molecule has 3 heterocycles. The lowest BCUT2D eigenvalue weighted by Crippen LogP contribution is -2.38. The molecular formula is C23H26ClN5OS. The van der Waals surface area contributed by atoms with Gasteiger partial charge in [0, 0.05) is 36.1 Å². The quantitative estimate of drug-likeness (QED) is 0.523. The molecule has 6 nitrogen and oxygen atoms in total. The number of carbonyl (C=O) groups excluding carboxylic acids is 1. The van der Waals surface area contributed by atoms with E-state index in [0.29, 0.717) is 36.7 Å². The fraction of sp³-hybridized carbons (Fsp3) is 0.478. The molecule has 1 saturated heterocycles. The smallest absolute Gasteiger partial charge is 0.222 e. The summed E-state index contributed by atoms with van der Waals surface area (Å²) in [5.41, 5.74) is 4.12. The molecule has 1 aromatic carbocycles. The summed E-state index contributed by atoms with van der Waals surface area (Å²) in [7, 11) is 0. The van der Waals surface area contributed by atoms with Crippen LogP contribution in [-0.2, 0) is 17.8 Å². The van der Waals surface area contributed by atoms with Crippen molar-refractivity contribution in [2.45, 2.75) is 58.4 Å². The molecule has 31 heavy (non-hydrogen) atoms. The summed E-state index contributed by atoms with van der Waals surface area (Å²) in [5, 5.41) is 15.2. The van der Waals surface area contributed by atoms with Crippen molar-refractivity contribution in [3.05, 3.63) is 45.2 Å². The molecule has 0 aliphatic carbocycles. The Bertz CT molecular complexity index is 1140. The first-order chi connectivity index (χ1) is 15.0. The third-order valence-corrected chi connectivity index (χ3v) is 7.55. The number of nitriles is 1. The van der Waals surface area contributed by atoms with Crippen LogP contribution in [0.2, 0.25) is 5.02 Å². The third-order valence-electron chi connectivity index (χ3n) is 6.12. The lowest BCUT2D eigenvalue weighted by Gasteiger charge is -2.31. The summed E-state index contributed by atoms with van der Waals surface area (Å²) in [4.78, 5) is 19.6. The molecule has 1 amide bonds. The standard InChI is InChI=1S/C23H26ClN5OS/c1-15-19(16(2)29(27-15)11-3-10-25)5-7-22(30)28-12-8-17(9-13-28)23-26-20-14-18(24)4-6-21(20)31-23/h4,6,14,17H,3,5,7-9,11-13H2,1-2H3. The zero-order valence-corrected chi connectivity index (χ0v) is 19.5. The van der Waals surface area contributed by atoms with E-state index in [-0.39, 0.29) is 5.91 Å². The van der Waals surface area contributed by atoms with Crippen LogP contribution in [0.25, 0.3) is 10.2 Å². The molecule has 1 aliphatic heterocycles. The first-order valence-corrected chi connectivity index (χ1v) is 11.9. The summed E-state index contributed by atoms with van der Waals surface area (Å²) < 4.78 is 3.05. The van der Waals surface area contributed by atoms with Crippen molar-refractivity contribution in [1.29, 1.82) is 5.26 Å². The number of benzene rings is 1. The van der Waals surface area contributed by atoms with Crippen LogP contribution in [-0.4, -0.2) is 38.7 Å². The lowest BCUT2D eigenvalue weighted by atomic mass is 9.97. The highest BCUT2D eigenvalue weighted by molar-refractivity contribution is 7.18. The molecule has 8 heteroatoms. The molecule has 2 aromatic heterocycles. The number of hydrogen-bond acceptors (Lipinski definition) is 5. The van der Waals surface area contributed by atoms with Crippen molar-refractivity contribution in [1.82, 2.24) is 19.7 Å². The van der Waals surface area contributed by atoms with Crippen molar-refractivity contribution in [2.24, 2.45) is 0 Å². The Labute approximate surface area is 191 Å². The number of thiazole rings is 1. The minimum atomic E-state index is 0.207. The largest absolute Gasteiger partial charge is 0.343 e. The van der Waals surface area contributed by atoms with Crippen molar-refractivity contribution < 1.29 is 4.79 Å². The topological polar surface area (TPSA) is 74.8 Å². The van der Waals surface area contributed by atoms with Gasteiger partial charge in [0.1, 0.15) is 0 Å². The maximum atomic E-state index is 12.8. The maximum absolute atomic E-state index is 12.8. The van der Waals surface area contributed by atoms with E-state index in [1.807, 2.05) is 41.6 Å². The van der Waals surface area contributed by atoms with Gasteiger partial charge >= 0.3 is 0 Å². The Balaban J connectivity index is 1.32. The molecular weight excluding hydrogens is 430 g/mol. The normalized spacial score (nSPS) is 14.8. The average molecular weight is 456 g/mol. The van der Waals surface area contributed by atoms with Crippen LogP contribution in [0.3, 0.4) is 0 Å². The van der Waals surface area contributed by atoms with E-state index in [2.05, 4.69) is 11.2 Å². The van der Waals surface area contributed by atoms with Crippen molar-refractivity contribution in [2.75, 3.05) is 13.1 Å². The zero-order chi connectivity index (χ0) is 22.0. The Kier molecular flexibility index (Phi) is 6.59. The molecule has 4 rings (SSSR count). The third kappa shape index (κ3) is 4.76. The number of hydrogen-bond donors (Lipinski definition) is 0. The SMILES string of the molecule is Cc1nn(CCC#N)c(C)c1CCC(=O)N1CCC(c2nc3cc(Cl)ccc3s2)CC1. The lowest BCUT2D eigenvalue weighted by molar-refractivity contribution is -0.132. The Morgan fingerprint density at radius 3 is 2.84 bits per heavy atom. The summed E-state index contributed by atoms with van der Waals surface area (Å²) in [6.45, 7) is 6.15. The predicted octanol–water partition coefficient (Wildman–Crippen LogP) is 5.02. The number of fused-ring (bicyclic) bond motifs is 1. The molecule has 1 aliphatic rings. The van der Waals surface area contributed by atoms with Gasteiger partial charge in [0.25, 0.3) is 0 Å². The van der Waals surface area contributed by atoms with Gasteiger partial charge in [-0.15, -0.1) is 11.3 Å². The van der Waals surface area contributed by atoms with E-state index in [9.17, 15) is 4.79 Å². The van der Waals surface area contributed by atoms with Crippen LogP contribution in [0.15, 0.2) is 18.2 Å². The predicted molar refractivity (Wildman–Crippen MR) is 123 cm³/mol. The Morgan fingerprint density at radius 2 is 2.10 bits per heavy atom.